The van der Waals surface area contributed by atoms with E-state index in [2.05, 4.69) is 28.2 Å². The third-order valence-corrected chi connectivity index (χ3v) is 5.82. The summed E-state index contributed by atoms with van der Waals surface area (Å²) >= 11 is 0. The number of ether oxygens (including phenoxy) is 1. The molecule has 2 saturated heterocycles. The number of nitrogens with zero attached hydrogens (tertiary/aromatic N) is 1. The van der Waals surface area contributed by atoms with E-state index in [-0.39, 0.29) is 24.3 Å². The van der Waals surface area contributed by atoms with E-state index in [0.717, 1.165) is 35.5 Å². The van der Waals surface area contributed by atoms with Crippen LogP contribution in [0.25, 0.3) is 0 Å². The van der Waals surface area contributed by atoms with Gasteiger partial charge in [0.05, 0.1) is 12.0 Å². The lowest BCUT2D eigenvalue weighted by Gasteiger charge is -2.39. The number of piperidine rings is 2. The van der Waals surface area contributed by atoms with Gasteiger partial charge in [-0.05, 0) is 77.1 Å². The number of amides is 1. The highest BCUT2D eigenvalue weighted by Gasteiger charge is 2.36. The van der Waals surface area contributed by atoms with Gasteiger partial charge >= 0.3 is 5.97 Å². The number of carbonyl (C=O) groups excluding carboxylic acids is 2. The summed E-state index contributed by atoms with van der Waals surface area (Å²) in [4.78, 5) is 26.5. The molecule has 2 aliphatic heterocycles. The SMILES string of the molecule is C=C1CCC(Nc2ccc(N3CCC(O)(CC(=O)OC(C)(C)C)CC3)c(C)c2)C(=O)N1. The minimum absolute atomic E-state index is 0.0236. The Morgan fingerprint density at radius 3 is 2.61 bits per heavy atom. The number of allylic oxidation sites excluding steroid dienone is 1. The molecule has 31 heavy (non-hydrogen) atoms. The highest BCUT2D eigenvalue weighted by Crippen LogP contribution is 2.32. The summed E-state index contributed by atoms with van der Waals surface area (Å²) in [5.41, 5.74) is 2.31. The summed E-state index contributed by atoms with van der Waals surface area (Å²) in [6.45, 7) is 12.7. The number of benzene rings is 1. The van der Waals surface area contributed by atoms with Crippen LogP contribution in [0.1, 0.15) is 58.4 Å². The Bertz CT molecular complexity index is 851. The van der Waals surface area contributed by atoms with Gasteiger partial charge < -0.3 is 25.4 Å². The van der Waals surface area contributed by atoms with Crippen molar-refractivity contribution in [3.8, 4) is 0 Å². The van der Waals surface area contributed by atoms with Gasteiger partial charge in [0.25, 0.3) is 0 Å². The van der Waals surface area contributed by atoms with Gasteiger partial charge in [-0.1, -0.05) is 6.58 Å². The fraction of sp³-hybridized carbons (Fsp3) is 0.583. The minimum atomic E-state index is -1.02. The number of rotatable bonds is 5. The highest BCUT2D eigenvalue weighted by atomic mass is 16.6. The van der Waals surface area contributed by atoms with Crippen LogP contribution in [-0.4, -0.2) is 47.3 Å². The van der Waals surface area contributed by atoms with E-state index in [1.807, 2.05) is 39.8 Å². The molecular formula is C24H35N3O4. The first-order valence-corrected chi connectivity index (χ1v) is 11.0. The van der Waals surface area contributed by atoms with Crippen molar-refractivity contribution in [2.45, 2.75) is 77.0 Å². The molecule has 2 heterocycles. The molecule has 1 atom stereocenters. The van der Waals surface area contributed by atoms with E-state index in [1.54, 1.807) is 0 Å². The molecule has 1 amide bonds. The minimum Gasteiger partial charge on any atom is -0.460 e. The predicted octanol–water partition coefficient (Wildman–Crippen LogP) is 3.26. The van der Waals surface area contributed by atoms with Crippen molar-refractivity contribution in [2.24, 2.45) is 0 Å². The first kappa shape index (κ1) is 23.1. The van der Waals surface area contributed by atoms with Gasteiger partial charge in [-0.3, -0.25) is 9.59 Å². The topological polar surface area (TPSA) is 90.9 Å². The van der Waals surface area contributed by atoms with Gasteiger partial charge in [-0.15, -0.1) is 0 Å². The maximum atomic E-state index is 12.1. The Morgan fingerprint density at radius 2 is 2.03 bits per heavy atom. The van der Waals surface area contributed by atoms with E-state index < -0.39 is 11.2 Å². The van der Waals surface area contributed by atoms with Gasteiger partial charge in [0.15, 0.2) is 0 Å². The summed E-state index contributed by atoms with van der Waals surface area (Å²) in [5.74, 6) is -0.399. The summed E-state index contributed by atoms with van der Waals surface area (Å²) in [5, 5.41) is 17.0. The monoisotopic (exact) mass is 429 g/mol. The number of hydrogen-bond donors (Lipinski definition) is 3. The van der Waals surface area contributed by atoms with Crippen LogP contribution in [0, 0.1) is 6.92 Å². The lowest BCUT2D eigenvalue weighted by molar-refractivity contribution is -0.161. The van der Waals surface area contributed by atoms with Crippen molar-refractivity contribution in [1.82, 2.24) is 5.32 Å². The van der Waals surface area contributed by atoms with Crippen molar-refractivity contribution >= 4 is 23.3 Å². The molecule has 0 bridgehead atoms. The zero-order valence-corrected chi connectivity index (χ0v) is 19.1. The van der Waals surface area contributed by atoms with Gasteiger partial charge in [0.1, 0.15) is 11.6 Å². The summed E-state index contributed by atoms with van der Waals surface area (Å²) in [7, 11) is 0. The lowest BCUT2D eigenvalue weighted by Crippen LogP contribution is -2.46. The maximum absolute atomic E-state index is 12.1. The summed E-state index contributed by atoms with van der Waals surface area (Å²) < 4.78 is 5.37. The second-order valence-corrected chi connectivity index (χ2v) is 9.80. The average molecular weight is 430 g/mol. The number of aliphatic hydroxyl groups is 1. The molecule has 3 rings (SSSR count). The first-order chi connectivity index (χ1) is 14.4. The molecule has 0 saturated carbocycles. The molecule has 0 aliphatic carbocycles. The maximum Gasteiger partial charge on any atom is 0.309 e. The molecule has 7 heteroatoms. The number of esters is 1. The predicted molar refractivity (Wildman–Crippen MR) is 122 cm³/mol. The molecule has 2 aliphatic rings. The molecule has 0 spiro atoms. The number of hydrogen-bond acceptors (Lipinski definition) is 6. The Hall–Kier alpha value is -2.54. The molecule has 1 unspecified atom stereocenters. The van der Waals surface area contributed by atoms with Crippen molar-refractivity contribution in [3.63, 3.8) is 0 Å². The van der Waals surface area contributed by atoms with Gasteiger partial charge in [0.2, 0.25) is 5.91 Å². The van der Waals surface area contributed by atoms with Gasteiger partial charge in [0, 0.05) is 30.2 Å². The Morgan fingerprint density at radius 1 is 1.35 bits per heavy atom. The average Bonchev–Trinajstić information content (AvgIpc) is 2.63. The fourth-order valence-corrected chi connectivity index (χ4v) is 4.20. The second-order valence-electron chi connectivity index (χ2n) is 9.80. The smallest absolute Gasteiger partial charge is 0.309 e. The molecule has 1 aromatic carbocycles. The van der Waals surface area contributed by atoms with Gasteiger partial charge in [-0.2, -0.15) is 0 Å². The van der Waals surface area contributed by atoms with E-state index in [1.165, 1.54) is 0 Å². The van der Waals surface area contributed by atoms with E-state index in [4.69, 9.17) is 4.74 Å². The van der Waals surface area contributed by atoms with Crippen molar-refractivity contribution in [1.29, 1.82) is 0 Å². The van der Waals surface area contributed by atoms with Crippen LogP contribution in [0.15, 0.2) is 30.5 Å². The van der Waals surface area contributed by atoms with Crippen molar-refractivity contribution in [2.75, 3.05) is 23.3 Å². The molecular weight excluding hydrogens is 394 g/mol. The Kier molecular flexibility index (Phi) is 6.65. The zero-order valence-electron chi connectivity index (χ0n) is 19.1. The molecule has 1 aromatic rings. The largest absolute Gasteiger partial charge is 0.460 e. The highest BCUT2D eigenvalue weighted by molar-refractivity contribution is 5.87. The van der Waals surface area contributed by atoms with E-state index in [9.17, 15) is 14.7 Å². The molecule has 0 radical (unpaired) electrons. The molecule has 3 N–H and O–H groups in total. The zero-order chi connectivity index (χ0) is 22.8. The third-order valence-electron chi connectivity index (χ3n) is 5.82. The number of carbonyl (C=O) groups is 2. The normalized spacial score (nSPS) is 21.5. The summed E-state index contributed by atoms with van der Waals surface area (Å²) in [6.07, 6.45) is 2.56. The van der Waals surface area contributed by atoms with Crippen LogP contribution in [0.4, 0.5) is 11.4 Å². The Balaban J connectivity index is 1.57. The summed E-state index contributed by atoms with van der Waals surface area (Å²) in [6, 6.07) is 5.83. The quantitative estimate of drug-likeness (QED) is 0.623. The number of nitrogens with one attached hydrogen (secondary N) is 2. The van der Waals surface area contributed by atoms with E-state index in [0.29, 0.717) is 25.9 Å². The number of aryl methyl sites for hydroxylation is 1. The second kappa shape index (κ2) is 8.91. The standard InChI is InChI=1S/C24H35N3O4/c1-16-14-18(26-19-8-6-17(2)25-22(19)29)7-9-20(16)27-12-10-24(30,11-13-27)15-21(28)31-23(3,4)5/h7,9,14,19,26,30H,2,6,8,10-13,15H2,1,3-5H3,(H,25,29). The van der Waals surface area contributed by atoms with E-state index >= 15 is 0 Å². The van der Waals surface area contributed by atoms with Crippen LogP contribution >= 0.6 is 0 Å². The first-order valence-electron chi connectivity index (χ1n) is 11.0. The Labute approximate surface area is 184 Å². The molecule has 170 valence electrons. The molecule has 0 aromatic heterocycles. The van der Waals surface area contributed by atoms with Crippen LogP contribution < -0.4 is 15.5 Å². The van der Waals surface area contributed by atoms with Crippen LogP contribution in [0.2, 0.25) is 0 Å². The number of anilines is 2. The fourth-order valence-electron chi connectivity index (χ4n) is 4.20. The van der Waals surface area contributed by atoms with Crippen LogP contribution in [-0.2, 0) is 14.3 Å². The van der Waals surface area contributed by atoms with Crippen molar-refractivity contribution < 1.29 is 19.4 Å². The molecule has 2 fully saturated rings. The van der Waals surface area contributed by atoms with Gasteiger partial charge in [-0.25, -0.2) is 0 Å². The van der Waals surface area contributed by atoms with Crippen LogP contribution in [0.3, 0.4) is 0 Å². The lowest BCUT2D eigenvalue weighted by atomic mass is 9.87. The molecule has 7 nitrogen and oxygen atoms in total. The third kappa shape index (κ3) is 6.23. The van der Waals surface area contributed by atoms with Crippen LogP contribution in [0.5, 0.6) is 0 Å². The van der Waals surface area contributed by atoms with Crippen molar-refractivity contribution in [3.05, 3.63) is 36.0 Å².